The number of nitrogens with two attached hydrogens (primary N) is 1. The van der Waals surface area contributed by atoms with Crippen molar-refractivity contribution in [2.24, 2.45) is 17.9 Å². The molecule has 20 heavy (non-hydrogen) atoms. The third-order valence-electron chi connectivity index (χ3n) is 2.73. The summed E-state index contributed by atoms with van der Waals surface area (Å²) in [5.41, 5.74) is 7.29. The average Bonchev–Trinajstić information content (AvgIpc) is 2.89. The number of methoxy groups -OCH3 is 1. The number of amidine groups is 1. The van der Waals surface area contributed by atoms with E-state index >= 15 is 0 Å². The molecule has 1 aromatic heterocycles. The highest BCUT2D eigenvalue weighted by Gasteiger charge is 2.09. The van der Waals surface area contributed by atoms with E-state index in [2.05, 4.69) is 10.3 Å². The normalized spacial score (nSPS) is 11.6. The summed E-state index contributed by atoms with van der Waals surface area (Å²) in [5, 5.41) is 15.9. The Balaban J connectivity index is 2.16. The molecule has 6 nitrogen and oxygen atoms in total. The van der Waals surface area contributed by atoms with E-state index in [9.17, 15) is 0 Å². The van der Waals surface area contributed by atoms with Crippen LogP contribution in [0.2, 0.25) is 0 Å². The lowest BCUT2D eigenvalue weighted by Gasteiger charge is -2.09. The van der Waals surface area contributed by atoms with Crippen molar-refractivity contribution in [2.75, 3.05) is 7.11 Å². The van der Waals surface area contributed by atoms with Crippen molar-refractivity contribution in [3.63, 3.8) is 0 Å². The lowest BCUT2D eigenvalue weighted by Crippen LogP contribution is -2.14. The van der Waals surface area contributed by atoms with Crippen molar-refractivity contribution in [3.8, 4) is 5.75 Å². The van der Waals surface area contributed by atoms with E-state index in [0.29, 0.717) is 11.3 Å². The molecule has 1 aromatic carbocycles. The highest BCUT2D eigenvalue weighted by molar-refractivity contribution is 7.98. The highest BCUT2D eigenvalue weighted by atomic mass is 32.2. The fourth-order valence-electron chi connectivity index (χ4n) is 1.74. The minimum Gasteiger partial charge on any atom is -0.496 e. The molecule has 0 unspecified atom stereocenters. The first-order valence-corrected chi connectivity index (χ1v) is 6.89. The Morgan fingerprint density at radius 3 is 2.95 bits per heavy atom. The Morgan fingerprint density at radius 1 is 1.55 bits per heavy atom. The second-order valence-electron chi connectivity index (χ2n) is 4.16. The molecular formula is C13H16N4O2S. The molecule has 0 bridgehead atoms. The summed E-state index contributed by atoms with van der Waals surface area (Å²) in [6.07, 6.45) is 3.78. The molecule has 0 amide bonds. The van der Waals surface area contributed by atoms with E-state index in [1.807, 2.05) is 37.6 Å². The maximum Gasteiger partial charge on any atom is 0.173 e. The van der Waals surface area contributed by atoms with Crippen LogP contribution in [0, 0.1) is 0 Å². The van der Waals surface area contributed by atoms with E-state index in [1.54, 1.807) is 23.6 Å². The molecule has 0 saturated carbocycles. The molecule has 3 N–H and O–H groups in total. The predicted molar refractivity (Wildman–Crippen MR) is 78.3 cm³/mol. The van der Waals surface area contributed by atoms with Gasteiger partial charge in [0.15, 0.2) is 5.84 Å². The van der Waals surface area contributed by atoms with Gasteiger partial charge in [0.1, 0.15) is 5.75 Å². The Hall–Kier alpha value is -2.15. The third-order valence-corrected chi connectivity index (χ3v) is 3.76. The number of hydrogen-bond acceptors (Lipinski definition) is 5. The zero-order chi connectivity index (χ0) is 14.5. The Labute approximate surface area is 121 Å². The van der Waals surface area contributed by atoms with Crippen molar-refractivity contribution in [3.05, 3.63) is 41.7 Å². The summed E-state index contributed by atoms with van der Waals surface area (Å²) in [7, 11) is 3.43. The van der Waals surface area contributed by atoms with Crippen LogP contribution in [0.15, 0.2) is 40.6 Å². The second kappa shape index (κ2) is 6.33. The standard InChI is InChI=1S/C13H16N4O2S/c1-17-7-10(6-15-17)20-8-9-3-4-12(19-2)11(5-9)13(14)16-18/h3-7,18H,8H2,1-2H3,(H2,14,16). The van der Waals surface area contributed by atoms with Crippen LogP contribution in [0.5, 0.6) is 5.75 Å². The summed E-state index contributed by atoms with van der Waals surface area (Å²) in [6, 6.07) is 5.63. The van der Waals surface area contributed by atoms with Crippen LogP contribution in [0.4, 0.5) is 0 Å². The maximum absolute atomic E-state index is 8.80. The van der Waals surface area contributed by atoms with Gasteiger partial charge in [-0.3, -0.25) is 4.68 Å². The topological polar surface area (TPSA) is 85.7 Å². The van der Waals surface area contributed by atoms with Gasteiger partial charge in [-0.25, -0.2) is 0 Å². The summed E-state index contributed by atoms with van der Waals surface area (Å²) in [5.74, 6) is 1.38. The SMILES string of the molecule is COc1ccc(CSc2cnn(C)c2)cc1C(N)=NO. The van der Waals surface area contributed by atoms with Gasteiger partial charge in [0.2, 0.25) is 0 Å². The van der Waals surface area contributed by atoms with Crippen LogP contribution in [0.1, 0.15) is 11.1 Å². The zero-order valence-electron chi connectivity index (χ0n) is 11.3. The molecule has 0 saturated heterocycles. The Bertz CT molecular complexity index is 625. The molecule has 0 aliphatic carbocycles. The van der Waals surface area contributed by atoms with Crippen molar-refractivity contribution < 1.29 is 9.94 Å². The van der Waals surface area contributed by atoms with Gasteiger partial charge in [0, 0.05) is 23.9 Å². The molecule has 106 valence electrons. The van der Waals surface area contributed by atoms with Crippen molar-refractivity contribution in [1.82, 2.24) is 9.78 Å². The van der Waals surface area contributed by atoms with Crippen molar-refractivity contribution in [1.29, 1.82) is 0 Å². The minimum atomic E-state index is 0.0371. The number of thioether (sulfide) groups is 1. The van der Waals surface area contributed by atoms with Crippen molar-refractivity contribution in [2.45, 2.75) is 10.6 Å². The highest BCUT2D eigenvalue weighted by Crippen LogP contribution is 2.25. The first kappa shape index (κ1) is 14.3. The maximum atomic E-state index is 8.80. The molecule has 2 aromatic rings. The number of aryl methyl sites for hydroxylation is 1. The van der Waals surface area contributed by atoms with Gasteiger partial charge in [-0.1, -0.05) is 11.2 Å². The predicted octanol–water partition coefficient (Wildman–Crippen LogP) is 1.82. The van der Waals surface area contributed by atoms with Crippen LogP contribution in [0.25, 0.3) is 0 Å². The van der Waals surface area contributed by atoms with Gasteiger partial charge in [0.25, 0.3) is 0 Å². The van der Waals surface area contributed by atoms with Gasteiger partial charge in [-0.05, 0) is 17.7 Å². The smallest absolute Gasteiger partial charge is 0.173 e. The molecule has 0 radical (unpaired) electrons. The third kappa shape index (κ3) is 3.24. The lowest BCUT2D eigenvalue weighted by molar-refractivity contribution is 0.318. The lowest BCUT2D eigenvalue weighted by atomic mass is 10.1. The number of benzene rings is 1. The Kier molecular flexibility index (Phi) is 4.52. The van der Waals surface area contributed by atoms with E-state index < -0.39 is 0 Å². The Morgan fingerprint density at radius 2 is 2.35 bits per heavy atom. The second-order valence-corrected chi connectivity index (χ2v) is 5.21. The number of hydrogen-bond donors (Lipinski definition) is 2. The number of nitrogens with zero attached hydrogens (tertiary/aromatic N) is 3. The monoisotopic (exact) mass is 292 g/mol. The van der Waals surface area contributed by atoms with E-state index in [0.717, 1.165) is 16.2 Å². The van der Waals surface area contributed by atoms with Crippen LogP contribution < -0.4 is 10.5 Å². The number of rotatable bonds is 5. The first-order chi connectivity index (χ1) is 9.63. The molecule has 0 fully saturated rings. The largest absolute Gasteiger partial charge is 0.496 e. The van der Waals surface area contributed by atoms with E-state index in [-0.39, 0.29) is 5.84 Å². The summed E-state index contributed by atoms with van der Waals surface area (Å²) < 4.78 is 6.96. The van der Waals surface area contributed by atoms with Crippen molar-refractivity contribution >= 4 is 17.6 Å². The van der Waals surface area contributed by atoms with Gasteiger partial charge in [0.05, 0.1) is 18.9 Å². The van der Waals surface area contributed by atoms with E-state index in [1.165, 1.54) is 0 Å². The molecule has 7 heteroatoms. The molecule has 0 aliphatic rings. The zero-order valence-corrected chi connectivity index (χ0v) is 12.1. The van der Waals surface area contributed by atoms with Crippen LogP contribution in [0.3, 0.4) is 0 Å². The molecule has 1 heterocycles. The quantitative estimate of drug-likeness (QED) is 0.289. The summed E-state index contributed by atoms with van der Waals surface area (Å²) in [4.78, 5) is 1.09. The summed E-state index contributed by atoms with van der Waals surface area (Å²) in [6.45, 7) is 0. The fourth-order valence-corrected chi connectivity index (χ4v) is 2.60. The molecular weight excluding hydrogens is 276 g/mol. The minimum absolute atomic E-state index is 0.0371. The molecule has 0 spiro atoms. The van der Waals surface area contributed by atoms with Crippen LogP contribution in [-0.2, 0) is 12.8 Å². The average molecular weight is 292 g/mol. The number of oxime groups is 1. The molecule has 0 atom stereocenters. The van der Waals surface area contributed by atoms with Gasteiger partial charge in [-0.2, -0.15) is 5.10 Å². The van der Waals surface area contributed by atoms with Crippen LogP contribution >= 0.6 is 11.8 Å². The van der Waals surface area contributed by atoms with Gasteiger partial charge in [-0.15, -0.1) is 11.8 Å². The molecule has 2 rings (SSSR count). The number of aromatic nitrogens is 2. The fraction of sp³-hybridized carbons (Fsp3) is 0.231. The van der Waals surface area contributed by atoms with Gasteiger partial charge >= 0.3 is 0 Å². The summed E-state index contributed by atoms with van der Waals surface area (Å²) >= 11 is 1.67. The van der Waals surface area contributed by atoms with E-state index in [4.69, 9.17) is 15.7 Å². The first-order valence-electron chi connectivity index (χ1n) is 5.90. The molecule has 0 aliphatic heterocycles. The number of ether oxygens (including phenoxy) is 1. The van der Waals surface area contributed by atoms with Gasteiger partial charge < -0.3 is 15.7 Å². The van der Waals surface area contributed by atoms with Crippen LogP contribution in [-0.4, -0.2) is 27.9 Å².